The van der Waals surface area contributed by atoms with Crippen molar-refractivity contribution in [2.45, 2.75) is 11.0 Å². The fraction of sp³-hybridized carbons (Fsp3) is 0.400. The molecule has 0 aromatic heterocycles. The summed E-state index contributed by atoms with van der Waals surface area (Å²) in [7, 11) is -6.38. The maximum Gasteiger partial charge on any atom is 0.211 e. The van der Waals surface area contributed by atoms with Gasteiger partial charge in [-0.2, -0.15) is 0 Å². The molecule has 0 bridgehead atoms. The Morgan fingerprint density at radius 2 is 1.89 bits per heavy atom. The summed E-state index contributed by atoms with van der Waals surface area (Å²) in [6.45, 7) is 0. The number of rotatable bonds is 5. The predicted molar refractivity (Wildman–Crippen MR) is 67.2 cm³/mol. The van der Waals surface area contributed by atoms with Crippen molar-refractivity contribution in [3.05, 3.63) is 29.6 Å². The Balaban J connectivity index is 3.40. The molecule has 0 radical (unpaired) electrons. The smallest absolute Gasteiger partial charge is 0.211 e. The number of halogens is 1. The highest BCUT2D eigenvalue weighted by molar-refractivity contribution is 7.90. The molecular weight excluding hydrogens is 297 g/mol. The van der Waals surface area contributed by atoms with E-state index < -0.39 is 37.5 Å². The molecule has 108 valence electrons. The Morgan fingerprint density at radius 1 is 1.32 bits per heavy atom. The van der Waals surface area contributed by atoms with Gasteiger partial charge in [-0.3, -0.25) is 0 Å². The van der Waals surface area contributed by atoms with Crippen molar-refractivity contribution in [2.24, 2.45) is 5.14 Å². The Kier molecular flexibility index (Phi) is 4.67. The van der Waals surface area contributed by atoms with Gasteiger partial charge in [0.2, 0.25) is 10.0 Å². The number of sulfonamides is 1. The molecule has 1 unspecified atom stereocenters. The van der Waals surface area contributed by atoms with Gasteiger partial charge in [0, 0.05) is 18.9 Å². The van der Waals surface area contributed by atoms with E-state index in [4.69, 9.17) is 9.88 Å². The van der Waals surface area contributed by atoms with Crippen LogP contribution in [0, 0.1) is 5.82 Å². The van der Waals surface area contributed by atoms with Gasteiger partial charge in [0.1, 0.15) is 5.82 Å². The second kappa shape index (κ2) is 5.53. The number of methoxy groups -OCH3 is 1. The predicted octanol–water partition coefficient (Wildman–Crippen LogP) is 0.205. The molecule has 0 aliphatic carbocycles. The first kappa shape index (κ1) is 16.0. The summed E-state index contributed by atoms with van der Waals surface area (Å²) in [4.78, 5) is -0.317. The molecule has 0 heterocycles. The molecule has 0 saturated carbocycles. The first-order chi connectivity index (χ1) is 8.54. The van der Waals surface area contributed by atoms with Crippen LogP contribution in [0.15, 0.2) is 23.1 Å². The summed E-state index contributed by atoms with van der Waals surface area (Å²) in [5.41, 5.74) is 0.0559. The van der Waals surface area contributed by atoms with E-state index in [1.165, 1.54) is 13.2 Å². The Morgan fingerprint density at radius 3 is 2.32 bits per heavy atom. The number of primary sulfonamides is 1. The first-order valence-corrected chi connectivity index (χ1v) is 8.68. The van der Waals surface area contributed by atoms with E-state index in [-0.39, 0.29) is 10.5 Å². The second-order valence-corrected chi connectivity index (χ2v) is 7.65. The largest absolute Gasteiger partial charge is 0.376 e. The number of nitrogens with two attached hydrogens (primary N) is 1. The normalized spacial score (nSPS) is 14.3. The van der Waals surface area contributed by atoms with E-state index in [9.17, 15) is 21.2 Å². The van der Waals surface area contributed by atoms with Gasteiger partial charge in [0.25, 0.3) is 0 Å². The topological polar surface area (TPSA) is 104 Å². The third-order valence-electron chi connectivity index (χ3n) is 2.39. The van der Waals surface area contributed by atoms with Gasteiger partial charge in [0.05, 0.1) is 16.8 Å². The number of hydrogen-bond acceptors (Lipinski definition) is 5. The van der Waals surface area contributed by atoms with E-state index in [0.717, 1.165) is 18.4 Å². The summed E-state index contributed by atoms with van der Waals surface area (Å²) in [6, 6.07) is 3.02. The summed E-state index contributed by atoms with van der Waals surface area (Å²) in [5, 5.41) is 4.91. The molecule has 0 saturated heterocycles. The molecule has 6 nitrogen and oxygen atoms in total. The number of ether oxygens (including phenoxy) is 1. The highest BCUT2D eigenvalue weighted by atomic mass is 32.2. The van der Waals surface area contributed by atoms with Crippen molar-refractivity contribution in [3.63, 3.8) is 0 Å². The minimum atomic E-state index is -3.87. The zero-order valence-electron chi connectivity index (χ0n) is 10.3. The maximum absolute atomic E-state index is 13.1. The fourth-order valence-electron chi connectivity index (χ4n) is 1.59. The van der Waals surface area contributed by atoms with Crippen LogP contribution in [0.5, 0.6) is 0 Å². The van der Waals surface area contributed by atoms with Crippen molar-refractivity contribution in [1.82, 2.24) is 0 Å². The molecule has 9 heteroatoms. The van der Waals surface area contributed by atoms with Crippen LogP contribution in [0.2, 0.25) is 0 Å². The average molecular weight is 311 g/mol. The minimum Gasteiger partial charge on any atom is -0.376 e. The van der Waals surface area contributed by atoms with E-state index >= 15 is 0 Å². The van der Waals surface area contributed by atoms with E-state index in [0.29, 0.717) is 0 Å². The molecule has 1 aromatic rings. The summed E-state index contributed by atoms with van der Waals surface area (Å²) in [5.74, 6) is -1.34. The van der Waals surface area contributed by atoms with Crippen molar-refractivity contribution < 1.29 is 26.0 Å². The van der Waals surface area contributed by atoms with Gasteiger partial charge in [0.15, 0.2) is 9.84 Å². The lowest BCUT2D eigenvalue weighted by atomic mass is 10.1. The number of benzene rings is 1. The van der Waals surface area contributed by atoms with E-state index in [1.807, 2.05) is 0 Å². The van der Waals surface area contributed by atoms with Crippen LogP contribution in [-0.4, -0.2) is 36.0 Å². The van der Waals surface area contributed by atoms with Crippen LogP contribution >= 0.6 is 0 Å². The molecule has 1 aromatic carbocycles. The zero-order valence-corrected chi connectivity index (χ0v) is 12.0. The Bertz CT molecular complexity index is 669. The molecule has 0 amide bonds. The van der Waals surface area contributed by atoms with Gasteiger partial charge < -0.3 is 4.74 Å². The van der Waals surface area contributed by atoms with Crippen LogP contribution < -0.4 is 5.14 Å². The van der Waals surface area contributed by atoms with Gasteiger partial charge in [-0.1, -0.05) is 6.07 Å². The highest BCUT2D eigenvalue weighted by Gasteiger charge is 2.24. The van der Waals surface area contributed by atoms with Gasteiger partial charge in [-0.25, -0.2) is 26.4 Å². The minimum absolute atomic E-state index is 0.0559. The molecule has 19 heavy (non-hydrogen) atoms. The third kappa shape index (κ3) is 4.53. The SMILES string of the molecule is COC(CS(N)(=O)=O)c1ccc(F)cc1S(C)(=O)=O. The third-order valence-corrected chi connectivity index (χ3v) is 4.31. The van der Waals surface area contributed by atoms with E-state index in [1.54, 1.807) is 0 Å². The highest BCUT2D eigenvalue weighted by Crippen LogP contribution is 2.26. The van der Waals surface area contributed by atoms with Gasteiger partial charge >= 0.3 is 0 Å². The van der Waals surface area contributed by atoms with Gasteiger partial charge in [-0.05, 0) is 12.1 Å². The fourth-order valence-corrected chi connectivity index (χ4v) is 3.28. The van der Waals surface area contributed by atoms with Crippen molar-refractivity contribution in [2.75, 3.05) is 19.1 Å². The molecular formula is C10H14FNO5S2. The van der Waals surface area contributed by atoms with Crippen LogP contribution in [0.1, 0.15) is 11.7 Å². The molecule has 1 atom stereocenters. The van der Waals surface area contributed by atoms with Crippen LogP contribution in [0.25, 0.3) is 0 Å². The number of sulfone groups is 1. The molecule has 2 N–H and O–H groups in total. The molecule has 1 rings (SSSR count). The Labute approximate surface area is 111 Å². The van der Waals surface area contributed by atoms with Crippen LogP contribution in [0.4, 0.5) is 4.39 Å². The number of hydrogen-bond donors (Lipinski definition) is 1. The van der Waals surface area contributed by atoms with Crippen molar-refractivity contribution in [3.8, 4) is 0 Å². The first-order valence-electron chi connectivity index (χ1n) is 5.07. The summed E-state index contributed by atoms with van der Waals surface area (Å²) < 4.78 is 63.4. The van der Waals surface area contributed by atoms with Crippen LogP contribution in [-0.2, 0) is 24.6 Å². The molecule has 0 spiro atoms. The van der Waals surface area contributed by atoms with Crippen molar-refractivity contribution in [1.29, 1.82) is 0 Å². The van der Waals surface area contributed by atoms with E-state index in [2.05, 4.69) is 0 Å². The van der Waals surface area contributed by atoms with Crippen LogP contribution in [0.3, 0.4) is 0 Å². The lowest BCUT2D eigenvalue weighted by molar-refractivity contribution is 0.119. The standard InChI is InChI=1S/C10H14FNO5S2/c1-17-9(6-19(12,15)16)8-4-3-7(11)5-10(8)18(2,13)14/h3-5,9H,6H2,1-2H3,(H2,12,15,16). The monoisotopic (exact) mass is 311 g/mol. The second-order valence-electron chi connectivity index (χ2n) is 4.01. The molecule has 0 aliphatic rings. The summed E-state index contributed by atoms with van der Waals surface area (Å²) >= 11 is 0. The van der Waals surface area contributed by atoms with Gasteiger partial charge in [-0.15, -0.1) is 0 Å². The van der Waals surface area contributed by atoms with Crippen molar-refractivity contribution >= 4 is 19.9 Å². The average Bonchev–Trinajstić information content (AvgIpc) is 2.23. The lowest BCUT2D eigenvalue weighted by Gasteiger charge is -2.17. The maximum atomic E-state index is 13.1. The Hall–Kier alpha value is -1.03. The summed E-state index contributed by atoms with van der Waals surface area (Å²) in [6.07, 6.45) is -0.185. The zero-order chi connectivity index (χ0) is 14.8. The molecule has 0 aliphatic heterocycles. The lowest BCUT2D eigenvalue weighted by Crippen LogP contribution is -2.24. The quantitative estimate of drug-likeness (QED) is 0.837. The molecule has 0 fully saturated rings.